The molecule has 0 saturated carbocycles. The van der Waals surface area contributed by atoms with Crippen molar-refractivity contribution in [2.45, 2.75) is 25.9 Å². The summed E-state index contributed by atoms with van der Waals surface area (Å²) in [4.78, 5) is 28.5. The van der Waals surface area contributed by atoms with Gasteiger partial charge in [-0.2, -0.15) is 17.6 Å². The Morgan fingerprint density at radius 2 is 1.39 bits per heavy atom. The minimum absolute atomic E-state index is 0.0155. The van der Waals surface area contributed by atoms with E-state index in [1.54, 1.807) is 0 Å². The molecule has 1 aliphatic carbocycles. The number of nitrogens with zero attached hydrogens (tertiary/aromatic N) is 1. The van der Waals surface area contributed by atoms with Crippen LogP contribution in [0.3, 0.4) is 0 Å². The largest absolute Gasteiger partial charge is 0.420 e. The first-order chi connectivity index (χ1) is 13.1. The number of benzene rings is 1. The molecule has 3 nitrogen and oxygen atoms in total. The zero-order chi connectivity index (χ0) is 20.8. The van der Waals surface area contributed by atoms with Crippen LogP contribution in [0.2, 0.25) is 0 Å². The number of pyridine rings is 1. The molecule has 1 heterocycles. The number of rotatable bonds is 3. The van der Waals surface area contributed by atoms with Crippen LogP contribution in [0.5, 0.6) is 0 Å². The standard InChI is InChI=1S/C19H11F6NO2/c1-2-9-10(7-8-3-4-11(18(22)26-8)19(23,24)25)17(28)15-13(21)6-5-12(20)14(15)16(9)27/h3-6H,2,7H2,1H3. The Balaban J connectivity index is 2.09. The van der Waals surface area contributed by atoms with Crippen LogP contribution in [0.4, 0.5) is 26.3 Å². The highest BCUT2D eigenvalue weighted by atomic mass is 19.4. The molecule has 0 aliphatic heterocycles. The maximum Gasteiger partial charge on any atom is 0.420 e. The molecule has 3 rings (SSSR count). The average Bonchev–Trinajstić information content (AvgIpc) is 2.60. The van der Waals surface area contributed by atoms with Crippen molar-refractivity contribution in [3.05, 3.63) is 75.4 Å². The lowest BCUT2D eigenvalue weighted by Gasteiger charge is -2.21. The quantitative estimate of drug-likeness (QED) is 0.548. The van der Waals surface area contributed by atoms with Crippen LogP contribution < -0.4 is 0 Å². The molecule has 9 heteroatoms. The number of carbonyl (C=O) groups is 2. The molecule has 28 heavy (non-hydrogen) atoms. The Morgan fingerprint density at radius 1 is 0.857 bits per heavy atom. The summed E-state index contributed by atoms with van der Waals surface area (Å²) in [5.41, 5.74) is -3.64. The highest BCUT2D eigenvalue weighted by Gasteiger charge is 2.37. The molecule has 0 radical (unpaired) electrons. The summed E-state index contributed by atoms with van der Waals surface area (Å²) in [6.07, 6.45) is -5.46. The lowest BCUT2D eigenvalue weighted by molar-refractivity contribution is -0.140. The second-order valence-electron chi connectivity index (χ2n) is 6.06. The van der Waals surface area contributed by atoms with Crippen molar-refractivity contribution >= 4 is 11.6 Å². The first-order valence-corrected chi connectivity index (χ1v) is 8.08. The number of allylic oxidation sites excluding steroid dienone is 2. The normalized spacial score (nSPS) is 14.5. The van der Waals surface area contributed by atoms with Crippen LogP contribution >= 0.6 is 0 Å². The number of Topliss-reactive ketones (excluding diaryl/α,β-unsaturated/α-hetero) is 2. The first-order valence-electron chi connectivity index (χ1n) is 8.08. The van der Waals surface area contributed by atoms with Gasteiger partial charge in [0.1, 0.15) is 17.2 Å². The number of alkyl halides is 3. The van der Waals surface area contributed by atoms with Crippen LogP contribution in [0.15, 0.2) is 35.4 Å². The Hall–Kier alpha value is -2.97. The van der Waals surface area contributed by atoms with Gasteiger partial charge in [0.2, 0.25) is 5.95 Å². The Kier molecular flexibility index (Phi) is 4.86. The maximum atomic E-state index is 14.1. The number of halogens is 6. The van der Waals surface area contributed by atoms with Crippen molar-refractivity contribution in [2.75, 3.05) is 0 Å². The van der Waals surface area contributed by atoms with E-state index in [0.717, 1.165) is 12.1 Å². The summed E-state index contributed by atoms with van der Waals surface area (Å²) >= 11 is 0. The fraction of sp³-hybridized carbons (Fsp3) is 0.211. The number of hydrogen-bond donors (Lipinski definition) is 0. The van der Waals surface area contributed by atoms with Crippen molar-refractivity contribution in [3.63, 3.8) is 0 Å². The predicted molar refractivity (Wildman–Crippen MR) is 85.2 cm³/mol. The fourth-order valence-corrected chi connectivity index (χ4v) is 3.10. The summed E-state index contributed by atoms with van der Waals surface area (Å²) in [5, 5.41) is 0. The minimum atomic E-state index is -4.94. The molecule has 1 aromatic carbocycles. The van der Waals surface area contributed by atoms with Gasteiger partial charge in [-0.25, -0.2) is 13.8 Å². The number of hydrogen-bond acceptors (Lipinski definition) is 3. The molecule has 146 valence electrons. The summed E-state index contributed by atoms with van der Waals surface area (Å²) < 4.78 is 79.8. The zero-order valence-electron chi connectivity index (χ0n) is 14.3. The van der Waals surface area contributed by atoms with Gasteiger partial charge in [0.05, 0.1) is 11.1 Å². The van der Waals surface area contributed by atoms with Gasteiger partial charge in [0.25, 0.3) is 0 Å². The number of ketones is 2. The molecule has 0 bridgehead atoms. The van der Waals surface area contributed by atoms with E-state index in [-0.39, 0.29) is 23.3 Å². The van der Waals surface area contributed by atoms with E-state index in [4.69, 9.17) is 0 Å². The van der Waals surface area contributed by atoms with Crippen LogP contribution in [-0.4, -0.2) is 16.6 Å². The van der Waals surface area contributed by atoms with Gasteiger partial charge in [-0.1, -0.05) is 6.92 Å². The number of aromatic nitrogens is 1. The molecule has 0 amide bonds. The number of carbonyl (C=O) groups excluding carboxylic acids is 2. The van der Waals surface area contributed by atoms with E-state index in [0.29, 0.717) is 12.1 Å². The van der Waals surface area contributed by atoms with Crippen LogP contribution in [0, 0.1) is 17.6 Å². The monoisotopic (exact) mass is 399 g/mol. The number of fused-ring (bicyclic) bond motifs is 1. The van der Waals surface area contributed by atoms with Gasteiger partial charge in [-0.05, 0) is 30.7 Å². The second-order valence-corrected chi connectivity index (χ2v) is 6.06. The molecule has 0 fully saturated rings. The highest BCUT2D eigenvalue weighted by molar-refractivity contribution is 6.27. The van der Waals surface area contributed by atoms with E-state index in [1.165, 1.54) is 6.92 Å². The van der Waals surface area contributed by atoms with Gasteiger partial charge >= 0.3 is 6.18 Å². The van der Waals surface area contributed by atoms with Gasteiger partial charge < -0.3 is 0 Å². The smallest absolute Gasteiger partial charge is 0.289 e. The lowest BCUT2D eigenvalue weighted by atomic mass is 9.80. The molecule has 0 saturated heterocycles. The molecule has 0 unspecified atom stereocenters. The molecular formula is C19H11F6NO2. The topological polar surface area (TPSA) is 47.0 Å². The SMILES string of the molecule is CCC1=C(Cc2ccc(C(F)(F)F)c(F)n2)C(=O)c2c(F)ccc(F)c2C1=O. The molecule has 0 spiro atoms. The summed E-state index contributed by atoms with van der Waals surface area (Å²) in [6.45, 7) is 1.50. The van der Waals surface area contributed by atoms with Crippen molar-refractivity contribution in [2.24, 2.45) is 0 Å². The molecular weight excluding hydrogens is 388 g/mol. The van der Waals surface area contributed by atoms with E-state index >= 15 is 0 Å². The third-order valence-electron chi connectivity index (χ3n) is 4.39. The van der Waals surface area contributed by atoms with E-state index in [9.17, 15) is 35.9 Å². The molecule has 1 aromatic heterocycles. The van der Waals surface area contributed by atoms with E-state index in [2.05, 4.69) is 4.98 Å². The van der Waals surface area contributed by atoms with Crippen molar-refractivity contribution in [3.8, 4) is 0 Å². The van der Waals surface area contributed by atoms with Crippen LogP contribution in [0.1, 0.15) is 45.3 Å². The summed E-state index contributed by atoms with van der Waals surface area (Å²) in [5.74, 6) is -5.81. The van der Waals surface area contributed by atoms with Gasteiger partial charge in [0.15, 0.2) is 11.6 Å². The second kappa shape index (κ2) is 6.88. The average molecular weight is 399 g/mol. The Bertz CT molecular complexity index is 1040. The molecule has 1 aliphatic rings. The predicted octanol–water partition coefficient (Wildman–Crippen LogP) is 4.85. The van der Waals surface area contributed by atoms with Gasteiger partial charge in [0, 0.05) is 23.3 Å². The van der Waals surface area contributed by atoms with E-state index in [1.807, 2.05) is 0 Å². The van der Waals surface area contributed by atoms with Crippen molar-refractivity contribution < 1.29 is 35.9 Å². The first kappa shape index (κ1) is 19.8. The van der Waals surface area contributed by atoms with Crippen LogP contribution in [0.25, 0.3) is 0 Å². The van der Waals surface area contributed by atoms with Crippen molar-refractivity contribution in [1.82, 2.24) is 4.98 Å². The Labute approximate surface area is 154 Å². The third kappa shape index (κ3) is 3.21. The molecule has 2 aromatic rings. The third-order valence-corrected chi connectivity index (χ3v) is 4.39. The van der Waals surface area contributed by atoms with Crippen molar-refractivity contribution in [1.29, 1.82) is 0 Å². The lowest BCUT2D eigenvalue weighted by Crippen LogP contribution is -2.26. The zero-order valence-corrected chi connectivity index (χ0v) is 14.3. The van der Waals surface area contributed by atoms with E-state index < -0.39 is 58.4 Å². The maximum absolute atomic E-state index is 14.1. The summed E-state index contributed by atoms with van der Waals surface area (Å²) in [6, 6.07) is 2.75. The molecule has 0 atom stereocenters. The van der Waals surface area contributed by atoms with Crippen LogP contribution in [-0.2, 0) is 12.6 Å². The minimum Gasteiger partial charge on any atom is -0.289 e. The Morgan fingerprint density at radius 3 is 1.86 bits per heavy atom. The van der Waals surface area contributed by atoms with Gasteiger partial charge in [-0.15, -0.1) is 0 Å². The summed E-state index contributed by atoms with van der Waals surface area (Å²) in [7, 11) is 0. The fourth-order valence-electron chi connectivity index (χ4n) is 3.10. The molecule has 0 N–H and O–H groups in total. The van der Waals surface area contributed by atoms with Gasteiger partial charge in [-0.3, -0.25) is 9.59 Å². The highest BCUT2D eigenvalue weighted by Crippen LogP contribution is 2.34.